The standard InChI is InChI=1S/C19H23BrN2O3S/c1-25-16-8-6-7-15(13-16)18(22-11-4-5-12-22)14-21-26(23,24)19-10-3-2-9-17(19)20/h2-3,6-10,13,18,21H,4-5,11-12,14H2,1H3. The highest BCUT2D eigenvalue weighted by Gasteiger charge is 2.26. The predicted octanol–water partition coefficient (Wildman–Crippen LogP) is 3.57. The minimum Gasteiger partial charge on any atom is -0.497 e. The normalized spacial score (nSPS) is 16.5. The Morgan fingerprint density at radius 1 is 1.15 bits per heavy atom. The van der Waals surface area contributed by atoms with Gasteiger partial charge in [-0.05, 0) is 71.7 Å². The second-order valence-corrected chi connectivity index (χ2v) is 8.91. The quantitative estimate of drug-likeness (QED) is 0.717. The molecule has 0 spiro atoms. The Bertz CT molecular complexity index is 851. The highest BCUT2D eigenvalue weighted by molar-refractivity contribution is 9.10. The summed E-state index contributed by atoms with van der Waals surface area (Å²) in [4.78, 5) is 2.59. The van der Waals surface area contributed by atoms with Gasteiger partial charge in [0.15, 0.2) is 0 Å². The van der Waals surface area contributed by atoms with Crippen LogP contribution in [0.25, 0.3) is 0 Å². The number of ether oxygens (including phenoxy) is 1. The molecule has 0 aromatic heterocycles. The Hall–Kier alpha value is -1.41. The molecule has 1 heterocycles. The van der Waals surface area contributed by atoms with Crippen LogP contribution in [0.15, 0.2) is 57.9 Å². The topological polar surface area (TPSA) is 58.6 Å². The molecule has 1 saturated heterocycles. The zero-order valence-corrected chi connectivity index (χ0v) is 17.1. The lowest BCUT2D eigenvalue weighted by molar-refractivity contribution is 0.246. The summed E-state index contributed by atoms with van der Waals surface area (Å²) < 4.78 is 34.2. The first-order valence-electron chi connectivity index (χ1n) is 8.63. The van der Waals surface area contributed by atoms with Crippen LogP contribution in [-0.4, -0.2) is 40.1 Å². The monoisotopic (exact) mass is 438 g/mol. The Morgan fingerprint density at radius 3 is 2.58 bits per heavy atom. The number of nitrogens with one attached hydrogen (secondary N) is 1. The Labute approximate surface area is 163 Å². The molecule has 0 saturated carbocycles. The molecule has 0 bridgehead atoms. The van der Waals surface area contributed by atoms with Gasteiger partial charge in [0.2, 0.25) is 10.0 Å². The van der Waals surface area contributed by atoms with Crippen molar-refractivity contribution in [3.8, 4) is 5.75 Å². The van der Waals surface area contributed by atoms with E-state index in [1.54, 1.807) is 31.4 Å². The van der Waals surface area contributed by atoms with Crippen LogP contribution >= 0.6 is 15.9 Å². The van der Waals surface area contributed by atoms with Crippen LogP contribution < -0.4 is 9.46 Å². The molecule has 5 nitrogen and oxygen atoms in total. The minimum absolute atomic E-state index is 0.0233. The Kier molecular flexibility index (Phi) is 6.34. The van der Waals surface area contributed by atoms with E-state index in [1.165, 1.54) is 0 Å². The van der Waals surface area contributed by atoms with E-state index >= 15 is 0 Å². The van der Waals surface area contributed by atoms with Crippen molar-refractivity contribution in [2.75, 3.05) is 26.7 Å². The molecule has 1 fully saturated rings. The Balaban J connectivity index is 1.83. The third-order valence-electron chi connectivity index (χ3n) is 4.65. The highest BCUT2D eigenvalue weighted by atomic mass is 79.9. The van der Waals surface area contributed by atoms with Crippen molar-refractivity contribution >= 4 is 26.0 Å². The Morgan fingerprint density at radius 2 is 1.88 bits per heavy atom. The molecule has 1 atom stereocenters. The van der Waals surface area contributed by atoms with Crippen molar-refractivity contribution in [1.82, 2.24) is 9.62 Å². The van der Waals surface area contributed by atoms with Gasteiger partial charge >= 0.3 is 0 Å². The summed E-state index contributed by atoms with van der Waals surface area (Å²) >= 11 is 3.32. The fourth-order valence-electron chi connectivity index (χ4n) is 3.29. The molecule has 0 radical (unpaired) electrons. The zero-order valence-electron chi connectivity index (χ0n) is 14.7. The van der Waals surface area contributed by atoms with E-state index < -0.39 is 10.0 Å². The van der Waals surface area contributed by atoms with Crippen LogP contribution in [0.3, 0.4) is 0 Å². The second kappa shape index (κ2) is 8.52. The summed E-state index contributed by atoms with van der Waals surface area (Å²) in [5.74, 6) is 0.778. The number of likely N-dealkylation sites (tertiary alicyclic amines) is 1. The SMILES string of the molecule is COc1cccc(C(CNS(=O)(=O)c2ccccc2Br)N2CCCC2)c1. The average Bonchev–Trinajstić information content (AvgIpc) is 3.16. The van der Waals surface area contributed by atoms with Crippen molar-refractivity contribution in [2.24, 2.45) is 0 Å². The first-order valence-corrected chi connectivity index (χ1v) is 10.9. The molecule has 26 heavy (non-hydrogen) atoms. The summed E-state index contributed by atoms with van der Waals surface area (Å²) in [6.45, 7) is 2.26. The summed E-state index contributed by atoms with van der Waals surface area (Å²) in [5, 5.41) is 0. The van der Waals surface area contributed by atoms with E-state index in [4.69, 9.17) is 4.74 Å². The van der Waals surface area contributed by atoms with Gasteiger partial charge in [0, 0.05) is 17.1 Å². The molecule has 140 valence electrons. The lowest BCUT2D eigenvalue weighted by Gasteiger charge is -2.28. The van der Waals surface area contributed by atoms with Crippen LogP contribution in [-0.2, 0) is 10.0 Å². The number of sulfonamides is 1. The highest BCUT2D eigenvalue weighted by Crippen LogP contribution is 2.28. The zero-order chi connectivity index (χ0) is 18.6. The molecule has 1 N–H and O–H groups in total. The predicted molar refractivity (Wildman–Crippen MR) is 106 cm³/mol. The molecule has 1 unspecified atom stereocenters. The first-order chi connectivity index (χ1) is 12.5. The van der Waals surface area contributed by atoms with Crippen LogP contribution in [0.4, 0.5) is 0 Å². The molecule has 3 rings (SSSR count). The maximum atomic E-state index is 12.7. The maximum Gasteiger partial charge on any atom is 0.241 e. The summed E-state index contributed by atoms with van der Waals surface area (Å²) in [5.41, 5.74) is 1.06. The van der Waals surface area contributed by atoms with Gasteiger partial charge in [-0.3, -0.25) is 4.90 Å². The number of methoxy groups -OCH3 is 1. The van der Waals surface area contributed by atoms with Crippen molar-refractivity contribution in [3.63, 3.8) is 0 Å². The van der Waals surface area contributed by atoms with Gasteiger partial charge in [-0.25, -0.2) is 13.1 Å². The number of hydrogen-bond donors (Lipinski definition) is 1. The van der Waals surface area contributed by atoms with Crippen LogP contribution in [0.1, 0.15) is 24.4 Å². The van der Waals surface area contributed by atoms with Crippen molar-refractivity contribution < 1.29 is 13.2 Å². The molecule has 0 amide bonds. The van der Waals surface area contributed by atoms with E-state index in [9.17, 15) is 8.42 Å². The molecule has 2 aromatic carbocycles. The maximum absolute atomic E-state index is 12.7. The van der Waals surface area contributed by atoms with Gasteiger partial charge in [0.25, 0.3) is 0 Å². The summed E-state index contributed by atoms with van der Waals surface area (Å²) in [7, 11) is -1.96. The van der Waals surface area contributed by atoms with Crippen molar-refractivity contribution in [1.29, 1.82) is 0 Å². The number of benzene rings is 2. The third-order valence-corrected chi connectivity index (χ3v) is 7.09. The summed E-state index contributed by atoms with van der Waals surface area (Å²) in [6.07, 6.45) is 2.27. The number of nitrogens with zero attached hydrogens (tertiary/aromatic N) is 1. The van der Waals surface area contributed by atoms with E-state index in [0.29, 0.717) is 11.0 Å². The average molecular weight is 439 g/mol. The van der Waals surface area contributed by atoms with E-state index in [2.05, 4.69) is 25.6 Å². The third kappa shape index (κ3) is 4.46. The van der Waals surface area contributed by atoms with Crippen LogP contribution in [0.2, 0.25) is 0 Å². The number of hydrogen-bond acceptors (Lipinski definition) is 4. The smallest absolute Gasteiger partial charge is 0.241 e. The molecule has 7 heteroatoms. The largest absolute Gasteiger partial charge is 0.497 e. The lowest BCUT2D eigenvalue weighted by Crippen LogP contribution is -2.36. The fraction of sp³-hybridized carbons (Fsp3) is 0.368. The van der Waals surface area contributed by atoms with E-state index in [0.717, 1.165) is 37.2 Å². The van der Waals surface area contributed by atoms with Gasteiger partial charge in [-0.2, -0.15) is 0 Å². The van der Waals surface area contributed by atoms with E-state index in [-0.39, 0.29) is 10.9 Å². The molecule has 0 aliphatic carbocycles. The molecule has 1 aliphatic rings. The van der Waals surface area contributed by atoms with Gasteiger partial charge < -0.3 is 4.74 Å². The van der Waals surface area contributed by atoms with Crippen molar-refractivity contribution in [3.05, 3.63) is 58.6 Å². The van der Waals surface area contributed by atoms with Gasteiger partial charge in [-0.15, -0.1) is 0 Å². The molecule has 1 aliphatic heterocycles. The van der Waals surface area contributed by atoms with Crippen LogP contribution in [0.5, 0.6) is 5.75 Å². The minimum atomic E-state index is -3.59. The van der Waals surface area contributed by atoms with Gasteiger partial charge in [0.05, 0.1) is 12.0 Å². The molecular weight excluding hydrogens is 416 g/mol. The molecular formula is C19H23BrN2O3S. The first kappa shape index (κ1) is 19.4. The summed E-state index contributed by atoms with van der Waals surface area (Å²) in [6, 6.07) is 14.7. The van der Waals surface area contributed by atoms with Crippen molar-refractivity contribution in [2.45, 2.75) is 23.8 Å². The molecule has 2 aromatic rings. The fourth-order valence-corrected chi connectivity index (χ4v) is 5.33. The lowest BCUT2D eigenvalue weighted by atomic mass is 10.1. The van der Waals surface area contributed by atoms with E-state index in [1.807, 2.05) is 24.3 Å². The van der Waals surface area contributed by atoms with Gasteiger partial charge in [0.1, 0.15) is 5.75 Å². The number of rotatable bonds is 7. The van der Waals surface area contributed by atoms with Crippen LogP contribution in [0, 0.1) is 0 Å². The second-order valence-electron chi connectivity index (χ2n) is 6.32. The van der Waals surface area contributed by atoms with Gasteiger partial charge in [-0.1, -0.05) is 24.3 Å². The number of halogens is 1.